The number of hydrogen-bond donors (Lipinski definition) is 6. The Morgan fingerprint density at radius 1 is 0.981 bits per heavy atom. The van der Waals surface area contributed by atoms with Crippen molar-refractivity contribution in [3.8, 4) is 17.6 Å². The zero-order chi connectivity index (χ0) is 39.6. The maximum absolute atomic E-state index is 11.9. The molecule has 15 heteroatoms. The fraction of sp³-hybridized carbons (Fsp3) is 0.385. The monoisotopic (exact) mass is 782 g/mol. The average molecular weight is 784 g/mol. The van der Waals surface area contributed by atoms with E-state index in [1.54, 1.807) is 30.5 Å². The number of pyridine rings is 1. The smallest absolute Gasteiger partial charge is 0.326 e. The van der Waals surface area contributed by atoms with E-state index in [-0.39, 0.29) is 49.4 Å². The van der Waals surface area contributed by atoms with Crippen LogP contribution in [0.2, 0.25) is 5.02 Å². The summed E-state index contributed by atoms with van der Waals surface area (Å²) >= 11 is 14.2. The van der Waals surface area contributed by atoms with Gasteiger partial charge in [-0.3, -0.25) is 19.9 Å². The van der Waals surface area contributed by atoms with Crippen LogP contribution < -0.4 is 20.1 Å². The minimum Gasteiger partial charge on any atom is -0.488 e. The van der Waals surface area contributed by atoms with Gasteiger partial charge in [0.25, 0.3) is 0 Å². The molecule has 4 rings (SSSR count). The molecule has 1 aromatic heterocycles. The van der Waals surface area contributed by atoms with Crippen molar-refractivity contribution in [2.45, 2.75) is 61.9 Å². The number of aliphatic hydroxyl groups excluding tert-OH is 2. The number of aliphatic hydroxyl groups is 2. The van der Waals surface area contributed by atoms with Gasteiger partial charge in [-0.05, 0) is 63.1 Å². The number of hydrogen-bond acceptors (Lipinski definition) is 11. The van der Waals surface area contributed by atoms with Crippen LogP contribution in [0, 0.1) is 11.3 Å². The van der Waals surface area contributed by atoms with Crippen LogP contribution >= 0.6 is 23.2 Å². The van der Waals surface area contributed by atoms with Crippen LogP contribution in [0.15, 0.2) is 79.2 Å². The molecule has 13 nitrogen and oxygen atoms in total. The van der Waals surface area contributed by atoms with Gasteiger partial charge in [0.15, 0.2) is 0 Å². The van der Waals surface area contributed by atoms with Crippen LogP contribution in [0.5, 0.6) is 11.5 Å². The van der Waals surface area contributed by atoms with Crippen molar-refractivity contribution in [2.24, 2.45) is 0 Å². The van der Waals surface area contributed by atoms with Crippen molar-refractivity contribution in [1.82, 2.24) is 15.6 Å². The molecule has 0 aliphatic heterocycles. The van der Waals surface area contributed by atoms with Crippen LogP contribution in [0.4, 0.5) is 0 Å². The molecule has 1 heterocycles. The normalized spacial score (nSPS) is 20.2. The third-order valence-electron chi connectivity index (χ3n) is 9.33. The summed E-state index contributed by atoms with van der Waals surface area (Å²) in [5.74, 6) is -1.96. The first-order valence-electron chi connectivity index (χ1n) is 17.0. The quantitative estimate of drug-likeness (QED) is 0.0680. The number of carboxylic acid groups (broad SMARTS) is 2. The lowest BCUT2D eigenvalue weighted by Gasteiger charge is -2.45. The number of carboxylic acids is 2. The number of allylic oxidation sites excluding steroid dienone is 2. The molecule has 54 heavy (non-hydrogen) atoms. The van der Waals surface area contributed by atoms with Gasteiger partial charge in [0.05, 0.1) is 23.8 Å². The average Bonchev–Trinajstić information content (AvgIpc) is 3.16. The first kappa shape index (κ1) is 42.2. The molecular formula is C39H44Cl2N4O9. The number of carbonyl (C=O) groups is 2. The zero-order valence-corrected chi connectivity index (χ0v) is 31.7. The van der Waals surface area contributed by atoms with Gasteiger partial charge in [0.2, 0.25) is 0 Å². The minimum absolute atomic E-state index is 0.00119. The molecule has 288 valence electrons. The third kappa shape index (κ3) is 9.77. The minimum atomic E-state index is -1.66. The molecule has 4 atom stereocenters. The Balaban J connectivity index is 1.65. The van der Waals surface area contributed by atoms with E-state index in [1.807, 2.05) is 55.5 Å². The molecule has 0 spiro atoms. The van der Waals surface area contributed by atoms with Gasteiger partial charge in [-0.2, -0.15) is 5.26 Å². The summed E-state index contributed by atoms with van der Waals surface area (Å²) in [7, 11) is 0. The number of nitriles is 1. The standard InChI is InChI=1S/C39H44Cl2N4O9/c1-36(23-46,34(48)49)44-13-8-14-54-39(12-7-11-30(38(39,3)41)28-9-5-4-6-10-28)25-53-33-17-32(52-22-27-15-26(18-42)19-43-20-27)29(16-31(33)40)21-45-37(2,24-47)35(50)51/h4-7,9-12,15-17,19-20,44-47H,8,13-14,21-25H2,1-3H3,(H,48,49)(H,50,51). The lowest BCUT2D eigenvalue weighted by atomic mass is 9.76. The van der Waals surface area contributed by atoms with E-state index < -0.39 is 46.7 Å². The first-order valence-corrected chi connectivity index (χ1v) is 17.8. The van der Waals surface area contributed by atoms with Crippen LogP contribution in [0.1, 0.15) is 49.4 Å². The fourth-order valence-corrected chi connectivity index (χ4v) is 6.13. The number of alkyl halides is 1. The largest absolute Gasteiger partial charge is 0.488 e. The van der Waals surface area contributed by atoms with E-state index in [0.717, 1.165) is 11.1 Å². The van der Waals surface area contributed by atoms with Crippen molar-refractivity contribution in [1.29, 1.82) is 5.26 Å². The maximum Gasteiger partial charge on any atom is 0.326 e. The van der Waals surface area contributed by atoms with E-state index in [1.165, 1.54) is 20.0 Å². The molecule has 6 N–H and O–H groups in total. The number of ether oxygens (including phenoxy) is 3. The van der Waals surface area contributed by atoms with Gasteiger partial charge < -0.3 is 40.0 Å². The number of nitrogens with one attached hydrogen (secondary N) is 2. The number of halogens is 2. The molecule has 1 aliphatic rings. The molecule has 0 amide bonds. The summed E-state index contributed by atoms with van der Waals surface area (Å²) in [5.41, 5.74) is -1.43. The Morgan fingerprint density at radius 2 is 1.67 bits per heavy atom. The van der Waals surface area contributed by atoms with E-state index in [4.69, 9.17) is 37.4 Å². The molecule has 4 unspecified atom stereocenters. The number of aliphatic carboxylic acids is 2. The summed E-state index contributed by atoms with van der Waals surface area (Å²) in [6.07, 6.45) is 8.87. The molecule has 0 saturated heterocycles. The van der Waals surface area contributed by atoms with Gasteiger partial charge >= 0.3 is 11.9 Å². The second kappa shape index (κ2) is 18.2. The lowest BCUT2D eigenvalue weighted by molar-refractivity contribution is -0.146. The highest BCUT2D eigenvalue weighted by atomic mass is 35.5. The number of rotatable bonds is 20. The summed E-state index contributed by atoms with van der Waals surface area (Å²) in [6, 6.07) is 16.4. The predicted molar refractivity (Wildman–Crippen MR) is 202 cm³/mol. The molecular weight excluding hydrogens is 739 g/mol. The van der Waals surface area contributed by atoms with Gasteiger partial charge in [0, 0.05) is 42.7 Å². The number of aromatic nitrogens is 1. The van der Waals surface area contributed by atoms with Gasteiger partial charge in [-0.15, -0.1) is 11.6 Å². The number of benzene rings is 2. The Hall–Kier alpha value is -4.52. The lowest BCUT2D eigenvalue weighted by Crippen LogP contribution is -2.55. The fourth-order valence-electron chi connectivity index (χ4n) is 5.55. The second-order valence-electron chi connectivity index (χ2n) is 13.4. The topological polar surface area (TPSA) is 203 Å². The second-order valence-corrected chi connectivity index (χ2v) is 14.6. The van der Waals surface area contributed by atoms with Crippen molar-refractivity contribution in [3.05, 3.63) is 106 Å². The van der Waals surface area contributed by atoms with E-state index in [2.05, 4.69) is 15.6 Å². The van der Waals surface area contributed by atoms with Crippen LogP contribution in [0.25, 0.3) is 5.57 Å². The van der Waals surface area contributed by atoms with Crippen molar-refractivity contribution in [3.63, 3.8) is 0 Å². The Bertz CT molecular complexity index is 1900. The van der Waals surface area contributed by atoms with Crippen LogP contribution in [0.3, 0.4) is 0 Å². The highest BCUT2D eigenvalue weighted by molar-refractivity contribution is 6.32. The van der Waals surface area contributed by atoms with E-state index in [9.17, 15) is 35.3 Å². The van der Waals surface area contributed by atoms with Crippen LogP contribution in [-0.2, 0) is 27.5 Å². The van der Waals surface area contributed by atoms with E-state index in [0.29, 0.717) is 23.1 Å². The van der Waals surface area contributed by atoms with Gasteiger partial charge in [-0.25, -0.2) is 0 Å². The molecule has 2 aromatic carbocycles. The first-order chi connectivity index (χ1) is 25.6. The third-order valence-corrected chi connectivity index (χ3v) is 10.1. The summed E-state index contributed by atoms with van der Waals surface area (Å²) in [6.45, 7) is 3.43. The SMILES string of the molecule is CC(CO)(NCCCOC1(COc2cc(OCc3cncc(C#N)c3)c(CNC(C)(CO)C(=O)O)cc2Cl)C=CC=C(c2ccccc2)C1(C)Cl)C(=O)O. The highest BCUT2D eigenvalue weighted by Gasteiger charge is 2.51. The maximum atomic E-state index is 11.9. The molecule has 0 fully saturated rings. The Labute approximate surface area is 323 Å². The number of nitrogens with zero attached hydrogens (tertiary/aromatic N) is 2. The molecule has 3 aromatic rings. The molecule has 0 radical (unpaired) electrons. The van der Waals surface area contributed by atoms with Crippen molar-refractivity contribution < 1.29 is 44.2 Å². The van der Waals surface area contributed by atoms with Crippen molar-refractivity contribution in [2.75, 3.05) is 33.0 Å². The molecule has 0 saturated carbocycles. The highest BCUT2D eigenvalue weighted by Crippen LogP contribution is 2.47. The predicted octanol–water partition coefficient (Wildman–Crippen LogP) is 4.71. The summed E-state index contributed by atoms with van der Waals surface area (Å²) in [4.78, 5) is 26.4. The summed E-state index contributed by atoms with van der Waals surface area (Å²) in [5, 5.41) is 53.8. The molecule has 0 bridgehead atoms. The zero-order valence-electron chi connectivity index (χ0n) is 30.1. The molecule has 1 aliphatic carbocycles. The summed E-state index contributed by atoms with van der Waals surface area (Å²) < 4.78 is 19.2. The van der Waals surface area contributed by atoms with E-state index >= 15 is 0 Å². The Kier molecular flexibility index (Phi) is 14.2. The Morgan fingerprint density at radius 3 is 2.31 bits per heavy atom. The van der Waals surface area contributed by atoms with Gasteiger partial charge in [-0.1, -0.05) is 54.1 Å². The van der Waals surface area contributed by atoms with Crippen LogP contribution in [-0.4, -0.2) is 91.9 Å². The van der Waals surface area contributed by atoms with Gasteiger partial charge in [0.1, 0.15) is 52.3 Å². The van der Waals surface area contributed by atoms with Crippen molar-refractivity contribution >= 4 is 40.7 Å².